The van der Waals surface area contributed by atoms with E-state index in [1.807, 2.05) is 18.2 Å². The second kappa shape index (κ2) is 8.53. The molecule has 1 amide bonds. The van der Waals surface area contributed by atoms with Gasteiger partial charge in [0.15, 0.2) is 28.5 Å². The molecule has 3 aliphatic heterocycles. The van der Waals surface area contributed by atoms with Gasteiger partial charge >= 0.3 is 0 Å². The van der Waals surface area contributed by atoms with Gasteiger partial charge in [0, 0.05) is 43.7 Å². The molecule has 5 heterocycles. The third-order valence-corrected chi connectivity index (χ3v) is 6.85. The number of carbonyl (C=O) groups is 1. The van der Waals surface area contributed by atoms with Crippen LogP contribution in [0.2, 0.25) is 0 Å². The highest BCUT2D eigenvalue weighted by atomic mass is 16.6. The molecule has 33 heavy (non-hydrogen) atoms. The van der Waals surface area contributed by atoms with Gasteiger partial charge in [0.2, 0.25) is 5.91 Å². The van der Waals surface area contributed by atoms with E-state index in [0.717, 1.165) is 73.1 Å². The van der Waals surface area contributed by atoms with E-state index in [1.165, 1.54) is 19.3 Å². The van der Waals surface area contributed by atoms with Crippen LogP contribution >= 0.6 is 0 Å². The van der Waals surface area contributed by atoms with Crippen LogP contribution in [0, 0.1) is 5.92 Å². The quantitative estimate of drug-likeness (QED) is 0.658. The largest absolute Gasteiger partial charge is 0.486 e. The van der Waals surface area contributed by atoms with Crippen molar-refractivity contribution < 1.29 is 14.3 Å². The zero-order chi connectivity index (χ0) is 22.2. The average molecular weight is 449 g/mol. The zero-order valence-electron chi connectivity index (χ0n) is 18.6. The Bertz CT molecular complexity index is 1180. The molecule has 0 spiro atoms. The number of benzene rings is 1. The van der Waals surface area contributed by atoms with Gasteiger partial charge < -0.3 is 24.3 Å². The Balaban J connectivity index is 1.14. The molecule has 0 aliphatic carbocycles. The molecular weight excluding hydrogens is 420 g/mol. The summed E-state index contributed by atoms with van der Waals surface area (Å²) in [7, 11) is 0. The summed E-state index contributed by atoms with van der Waals surface area (Å²) in [5.41, 5.74) is 2.58. The number of fused-ring (bicyclic) bond motifs is 4. The van der Waals surface area contributed by atoms with Crippen molar-refractivity contribution in [1.29, 1.82) is 0 Å². The number of rotatable bonds is 3. The number of aromatic nitrogens is 4. The van der Waals surface area contributed by atoms with E-state index >= 15 is 0 Å². The van der Waals surface area contributed by atoms with Gasteiger partial charge in [-0.1, -0.05) is 6.42 Å². The normalized spacial score (nSPS) is 18.6. The lowest BCUT2D eigenvalue weighted by Crippen LogP contribution is -2.38. The van der Waals surface area contributed by atoms with E-state index in [1.54, 1.807) is 6.33 Å². The van der Waals surface area contributed by atoms with E-state index in [-0.39, 0.29) is 11.8 Å². The number of hydrogen-bond donors (Lipinski definition) is 1. The Hall–Kier alpha value is -3.36. The molecule has 0 unspecified atom stereocenters. The number of carbonyl (C=O) groups excluding carboxylic acids is 1. The highest BCUT2D eigenvalue weighted by molar-refractivity contribution is 5.93. The molecule has 1 saturated heterocycles. The number of nitrogens with zero attached hydrogens (tertiary/aromatic N) is 5. The molecule has 9 nitrogen and oxygen atoms in total. The SMILES string of the molecule is O=C(Nc1ccc2c(c1)OCCO2)C1CCN(c2ncnc3c2nc2n3CCCCC2)CC1. The minimum atomic E-state index is -0.0366. The predicted octanol–water partition coefficient (Wildman–Crippen LogP) is 3.18. The standard InChI is InChI=1S/C24H28N6O3/c31-24(27-17-5-6-18-19(14-17)33-13-12-32-18)16-7-10-29(11-8-16)22-21-23(26-15-25-22)30-9-3-1-2-4-20(30)28-21/h5-6,14-16H,1-4,7-13H2,(H,27,31). The van der Waals surface area contributed by atoms with Crippen molar-refractivity contribution in [3.8, 4) is 11.5 Å². The highest BCUT2D eigenvalue weighted by Gasteiger charge is 2.28. The second-order valence-corrected chi connectivity index (χ2v) is 8.97. The summed E-state index contributed by atoms with van der Waals surface area (Å²) in [5.74, 6) is 3.43. The summed E-state index contributed by atoms with van der Waals surface area (Å²) in [6.45, 7) is 3.60. The molecule has 6 rings (SSSR count). The van der Waals surface area contributed by atoms with Crippen LogP contribution < -0.4 is 19.7 Å². The number of piperidine rings is 1. The van der Waals surface area contributed by atoms with Crippen LogP contribution in [0.4, 0.5) is 11.5 Å². The molecule has 0 bridgehead atoms. The number of aryl methyl sites for hydroxylation is 2. The summed E-state index contributed by atoms with van der Waals surface area (Å²) in [5, 5.41) is 3.05. The van der Waals surface area contributed by atoms with E-state index in [2.05, 4.69) is 24.8 Å². The Morgan fingerprint density at radius 3 is 2.73 bits per heavy atom. The fourth-order valence-corrected chi connectivity index (χ4v) is 5.08. The van der Waals surface area contributed by atoms with Crippen LogP contribution in [0.5, 0.6) is 11.5 Å². The van der Waals surface area contributed by atoms with Crippen LogP contribution in [-0.2, 0) is 17.8 Å². The molecule has 0 radical (unpaired) electrons. The van der Waals surface area contributed by atoms with Gasteiger partial charge in [-0.25, -0.2) is 15.0 Å². The van der Waals surface area contributed by atoms with Gasteiger partial charge in [-0.3, -0.25) is 4.79 Å². The fourth-order valence-electron chi connectivity index (χ4n) is 5.08. The van der Waals surface area contributed by atoms with Gasteiger partial charge in [-0.05, 0) is 37.8 Å². The summed E-state index contributed by atoms with van der Waals surface area (Å²) in [6.07, 6.45) is 7.78. The van der Waals surface area contributed by atoms with Crippen LogP contribution in [0.1, 0.15) is 37.9 Å². The van der Waals surface area contributed by atoms with Crippen molar-refractivity contribution in [2.45, 2.75) is 45.1 Å². The second-order valence-electron chi connectivity index (χ2n) is 8.97. The van der Waals surface area contributed by atoms with E-state index in [4.69, 9.17) is 14.5 Å². The van der Waals surface area contributed by atoms with Crippen LogP contribution in [0.15, 0.2) is 24.5 Å². The summed E-state index contributed by atoms with van der Waals surface area (Å²) in [6, 6.07) is 5.54. The molecule has 2 aromatic heterocycles. The lowest BCUT2D eigenvalue weighted by molar-refractivity contribution is -0.120. The minimum absolute atomic E-state index is 0.0366. The lowest BCUT2D eigenvalue weighted by atomic mass is 9.95. The molecule has 1 N–H and O–H groups in total. The summed E-state index contributed by atoms with van der Waals surface area (Å²) in [4.78, 5) is 29.2. The Kier molecular flexibility index (Phi) is 5.24. The molecule has 1 aromatic carbocycles. The molecule has 9 heteroatoms. The molecule has 0 saturated carbocycles. The van der Waals surface area contributed by atoms with Crippen molar-refractivity contribution >= 4 is 28.6 Å². The first kappa shape index (κ1) is 20.3. The molecule has 0 atom stereocenters. The first-order chi connectivity index (χ1) is 16.3. The maximum atomic E-state index is 12.9. The van der Waals surface area contributed by atoms with Crippen molar-refractivity contribution in [3.63, 3.8) is 0 Å². The molecular formula is C24H28N6O3. The Morgan fingerprint density at radius 1 is 1.00 bits per heavy atom. The van der Waals surface area contributed by atoms with Crippen molar-refractivity contribution in [3.05, 3.63) is 30.4 Å². The molecule has 3 aromatic rings. The van der Waals surface area contributed by atoms with Gasteiger partial charge in [-0.15, -0.1) is 0 Å². The van der Waals surface area contributed by atoms with Crippen molar-refractivity contribution in [2.75, 3.05) is 36.5 Å². The molecule has 3 aliphatic rings. The molecule has 172 valence electrons. The fraction of sp³-hybridized carbons (Fsp3) is 0.500. The van der Waals surface area contributed by atoms with Gasteiger partial charge in [0.25, 0.3) is 0 Å². The Morgan fingerprint density at radius 2 is 1.85 bits per heavy atom. The van der Waals surface area contributed by atoms with Gasteiger partial charge in [0.1, 0.15) is 25.4 Å². The number of nitrogens with one attached hydrogen (secondary N) is 1. The van der Waals surface area contributed by atoms with Crippen LogP contribution in [0.3, 0.4) is 0 Å². The monoisotopic (exact) mass is 448 g/mol. The van der Waals surface area contributed by atoms with Crippen molar-refractivity contribution in [1.82, 2.24) is 19.5 Å². The number of imidazole rings is 1. The highest BCUT2D eigenvalue weighted by Crippen LogP contribution is 2.33. The van der Waals surface area contributed by atoms with Crippen molar-refractivity contribution in [2.24, 2.45) is 5.92 Å². The number of ether oxygens (including phenoxy) is 2. The summed E-state index contributed by atoms with van der Waals surface area (Å²) >= 11 is 0. The number of anilines is 2. The maximum Gasteiger partial charge on any atom is 0.227 e. The van der Waals surface area contributed by atoms with E-state index in [0.29, 0.717) is 19.0 Å². The summed E-state index contributed by atoms with van der Waals surface area (Å²) < 4.78 is 13.4. The topological polar surface area (TPSA) is 94.4 Å². The third-order valence-electron chi connectivity index (χ3n) is 6.85. The van der Waals surface area contributed by atoms with Gasteiger partial charge in [-0.2, -0.15) is 0 Å². The number of amides is 1. The number of hydrogen-bond acceptors (Lipinski definition) is 7. The zero-order valence-corrected chi connectivity index (χ0v) is 18.6. The van der Waals surface area contributed by atoms with Gasteiger partial charge in [0.05, 0.1) is 0 Å². The maximum absolute atomic E-state index is 12.9. The van der Waals surface area contributed by atoms with E-state index < -0.39 is 0 Å². The van der Waals surface area contributed by atoms with Crippen LogP contribution in [-0.4, -0.2) is 51.7 Å². The van der Waals surface area contributed by atoms with E-state index in [9.17, 15) is 4.79 Å². The third kappa shape index (κ3) is 3.85. The Labute approximate surface area is 192 Å². The van der Waals surface area contributed by atoms with Crippen LogP contribution in [0.25, 0.3) is 11.2 Å². The first-order valence-electron chi connectivity index (χ1n) is 11.9. The lowest BCUT2D eigenvalue weighted by Gasteiger charge is -2.32. The molecule has 1 fully saturated rings. The minimum Gasteiger partial charge on any atom is -0.486 e. The predicted molar refractivity (Wildman–Crippen MR) is 124 cm³/mol. The first-order valence-corrected chi connectivity index (χ1v) is 11.9. The average Bonchev–Trinajstić information content (AvgIpc) is 3.05. The smallest absolute Gasteiger partial charge is 0.227 e.